The van der Waals surface area contributed by atoms with Crippen molar-refractivity contribution < 1.29 is 46.7 Å². The number of rotatable bonds is 21. The SMILES string of the molecule is CCCCCCCCCCCCCC(CCCCCCC)COS(=O)(=O)[O-].[Na+]. The molecule has 1 unspecified atom stereocenters. The van der Waals surface area contributed by atoms with Crippen LogP contribution in [0.4, 0.5) is 0 Å². The van der Waals surface area contributed by atoms with Crippen LogP contribution in [0.25, 0.3) is 0 Å². The summed E-state index contributed by atoms with van der Waals surface area (Å²) < 4.78 is 36.7. The first-order chi connectivity index (χ1) is 13.0. The second-order valence-corrected chi connectivity index (χ2v) is 9.14. The van der Waals surface area contributed by atoms with Crippen molar-refractivity contribution in [3.63, 3.8) is 0 Å². The Labute approximate surface area is 198 Å². The van der Waals surface area contributed by atoms with E-state index in [1.165, 1.54) is 89.9 Å². The van der Waals surface area contributed by atoms with Gasteiger partial charge in [0.15, 0.2) is 0 Å². The van der Waals surface area contributed by atoms with E-state index in [1.54, 1.807) is 0 Å². The predicted molar refractivity (Wildman–Crippen MR) is 114 cm³/mol. The van der Waals surface area contributed by atoms with E-state index in [-0.39, 0.29) is 42.1 Å². The fourth-order valence-corrected chi connectivity index (χ4v) is 3.98. The molecule has 164 valence electrons. The average Bonchev–Trinajstić information content (AvgIpc) is 2.62. The molecule has 6 heteroatoms. The summed E-state index contributed by atoms with van der Waals surface area (Å²) in [5.74, 6) is 0.203. The fourth-order valence-electron chi connectivity index (χ4n) is 3.62. The molecule has 0 aromatic carbocycles. The van der Waals surface area contributed by atoms with Gasteiger partial charge >= 0.3 is 29.6 Å². The third kappa shape index (κ3) is 24.9. The normalized spacial score (nSPS) is 12.7. The van der Waals surface area contributed by atoms with Crippen molar-refractivity contribution in [2.24, 2.45) is 5.92 Å². The fraction of sp³-hybridized carbons (Fsp3) is 1.00. The molecule has 1 atom stereocenters. The van der Waals surface area contributed by atoms with E-state index in [9.17, 15) is 13.0 Å². The Morgan fingerprint density at radius 3 is 1.29 bits per heavy atom. The van der Waals surface area contributed by atoms with Crippen molar-refractivity contribution >= 4 is 10.4 Å². The van der Waals surface area contributed by atoms with Gasteiger partial charge in [0.05, 0.1) is 6.61 Å². The zero-order valence-corrected chi connectivity index (χ0v) is 21.9. The molecule has 0 radical (unpaired) electrons. The van der Waals surface area contributed by atoms with E-state index in [0.29, 0.717) is 0 Å². The first-order valence-corrected chi connectivity index (χ1v) is 12.9. The monoisotopic (exact) mass is 428 g/mol. The minimum absolute atomic E-state index is 0. The summed E-state index contributed by atoms with van der Waals surface area (Å²) in [4.78, 5) is 0. The molecule has 0 amide bonds. The van der Waals surface area contributed by atoms with Crippen molar-refractivity contribution in [1.82, 2.24) is 0 Å². The molecule has 0 aromatic rings. The zero-order valence-electron chi connectivity index (χ0n) is 19.1. The largest absolute Gasteiger partial charge is 1.00 e. The van der Waals surface area contributed by atoms with E-state index in [4.69, 9.17) is 0 Å². The van der Waals surface area contributed by atoms with Crippen molar-refractivity contribution in [1.29, 1.82) is 0 Å². The molecule has 0 aromatic heterocycles. The molecule has 0 N–H and O–H groups in total. The van der Waals surface area contributed by atoms with Gasteiger partial charge in [-0.2, -0.15) is 0 Å². The Balaban J connectivity index is 0. The van der Waals surface area contributed by atoms with Crippen molar-refractivity contribution in [3.8, 4) is 0 Å². The molecule has 0 heterocycles. The van der Waals surface area contributed by atoms with Crippen molar-refractivity contribution in [3.05, 3.63) is 0 Å². The summed E-state index contributed by atoms with van der Waals surface area (Å²) in [5.41, 5.74) is 0. The van der Waals surface area contributed by atoms with Crippen LogP contribution in [-0.2, 0) is 14.6 Å². The zero-order chi connectivity index (χ0) is 20.2. The standard InChI is InChI=1S/C22H46O4S.Na/c1-3-5-7-9-10-11-12-13-14-16-18-20-22(21-26-27(23,24)25)19-17-15-8-6-4-2;/h22H,3-21H2,1-2H3,(H,23,24,25);/q;+1/p-1. The van der Waals surface area contributed by atoms with Crippen LogP contribution in [0.15, 0.2) is 0 Å². The van der Waals surface area contributed by atoms with E-state index in [2.05, 4.69) is 18.0 Å². The van der Waals surface area contributed by atoms with Crippen LogP contribution >= 0.6 is 0 Å². The van der Waals surface area contributed by atoms with Crippen LogP contribution in [0.2, 0.25) is 0 Å². The Hall–Kier alpha value is 0.870. The molecule has 0 aliphatic rings. The van der Waals surface area contributed by atoms with Crippen LogP contribution in [0, 0.1) is 5.92 Å². The predicted octanol–water partition coefficient (Wildman–Crippen LogP) is 4.15. The molecule has 0 aliphatic heterocycles. The van der Waals surface area contributed by atoms with E-state index in [1.807, 2.05) is 0 Å². The first kappa shape index (κ1) is 31.1. The van der Waals surface area contributed by atoms with Crippen LogP contribution in [0.3, 0.4) is 0 Å². The van der Waals surface area contributed by atoms with Gasteiger partial charge < -0.3 is 4.55 Å². The first-order valence-electron chi connectivity index (χ1n) is 11.6. The number of unbranched alkanes of at least 4 members (excludes halogenated alkanes) is 14. The third-order valence-electron chi connectivity index (χ3n) is 5.38. The second kappa shape index (κ2) is 22.6. The summed E-state index contributed by atoms with van der Waals surface area (Å²) in [6, 6.07) is 0. The molecular weight excluding hydrogens is 383 g/mol. The van der Waals surface area contributed by atoms with Crippen LogP contribution in [0.1, 0.15) is 129 Å². The topological polar surface area (TPSA) is 66.4 Å². The summed E-state index contributed by atoms with van der Waals surface area (Å²) in [7, 11) is -4.56. The van der Waals surface area contributed by atoms with E-state index in [0.717, 1.165) is 25.7 Å². The summed E-state index contributed by atoms with van der Waals surface area (Å²) in [6.07, 6.45) is 22.4. The minimum Gasteiger partial charge on any atom is -0.726 e. The molecule has 0 saturated heterocycles. The van der Waals surface area contributed by atoms with Gasteiger partial charge in [-0.3, -0.25) is 4.18 Å². The molecule has 0 aliphatic carbocycles. The smallest absolute Gasteiger partial charge is 0.726 e. The second-order valence-electron chi connectivity index (χ2n) is 8.09. The van der Waals surface area contributed by atoms with Gasteiger partial charge in [-0.25, -0.2) is 8.42 Å². The van der Waals surface area contributed by atoms with Crippen molar-refractivity contribution in [2.75, 3.05) is 6.61 Å². The van der Waals surface area contributed by atoms with Gasteiger partial charge in [-0.05, 0) is 18.8 Å². The maximum absolute atomic E-state index is 10.7. The van der Waals surface area contributed by atoms with Crippen LogP contribution < -0.4 is 29.6 Å². The Morgan fingerprint density at radius 1 is 0.643 bits per heavy atom. The quantitative estimate of drug-likeness (QED) is 0.119. The number of hydrogen-bond donors (Lipinski definition) is 0. The molecular formula is C22H45NaO4S. The van der Waals surface area contributed by atoms with Gasteiger partial charge in [0, 0.05) is 0 Å². The molecule has 0 saturated carbocycles. The van der Waals surface area contributed by atoms with Gasteiger partial charge in [-0.1, -0.05) is 117 Å². The summed E-state index contributed by atoms with van der Waals surface area (Å²) >= 11 is 0. The molecule has 4 nitrogen and oxygen atoms in total. The maximum Gasteiger partial charge on any atom is 1.00 e. The summed E-state index contributed by atoms with van der Waals surface area (Å²) in [6.45, 7) is 4.52. The number of hydrogen-bond acceptors (Lipinski definition) is 4. The Morgan fingerprint density at radius 2 is 0.964 bits per heavy atom. The minimum atomic E-state index is -4.56. The van der Waals surface area contributed by atoms with Crippen LogP contribution in [-0.4, -0.2) is 19.6 Å². The van der Waals surface area contributed by atoms with E-state index < -0.39 is 10.4 Å². The van der Waals surface area contributed by atoms with Crippen molar-refractivity contribution in [2.45, 2.75) is 129 Å². The molecule has 0 spiro atoms. The van der Waals surface area contributed by atoms with Gasteiger partial charge in [0.1, 0.15) is 0 Å². The third-order valence-corrected chi connectivity index (χ3v) is 5.80. The van der Waals surface area contributed by atoms with Gasteiger partial charge in [-0.15, -0.1) is 0 Å². The Kier molecular flexibility index (Phi) is 25.0. The average molecular weight is 429 g/mol. The van der Waals surface area contributed by atoms with E-state index >= 15 is 0 Å². The summed E-state index contributed by atoms with van der Waals surface area (Å²) in [5, 5.41) is 0. The maximum atomic E-state index is 10.7. The molecule has 0 rings (SSSR count). The van der Waals surface area contributed by atoms with Gasteiger partial charge in [0.25, 0.3) is 0 Å². The molecule has 28 heavy (non-hydrogen) atoms. The van der Waals surface area contributed by atoms with Crippen LogP contribution in [0.5, 0.6) is 0 Å². The molecule has 0 bridgehead atoms. The Bertz CT molecular complexity index is 401. The molecule has 0 fully saturated rings. The van der Waals surface area contributed by atoms with Gasteiger partial charge in [0.2, 0.25) is 10.4 Å².